The van der Waals surface area contributed by atoms with Crippen LogP contribution >= 0.6 is 0 Å². The summed E-state index contributed by atoms with van der Waals surface area (Å²) in [6, 6.07) is 5.50. The van der Waals surface area contributed by atoms with E-state index in [1.165, 1.54) is 12.1 Å². The Labute approximate surface area is 124 Å². The van der Waals surface area contributed by atoms with Gasteiger partial charge in [0.05, 0.1) is 19.3 Å². The van der Waals surface area contributed by atoms with Crippen molar-refractivity contribution in [3.63, 3.8) is 0 Å². The lowest BCUT2D eigenvalue weighted by atomic mass is 9.96. The van der Waals surface area contributed by atoms with Gasteiger partial charge in [-0.1, -0.05) is 12.1 Å². The summed E-state index contributed by atoms with van der Waals surface area (Å²) in [4.78, 5) is 14.1. The van der Waals surface area contributed by atoms with E-state index >= 15 is 0 Å². The lowest BCUT2D eigenvalue weighted by Gasteiger charge is -2.41. The molecule has 1 amide bonds. The Bertz CT molecular complexity index is 496. The third-order valence-electron chi connectivity index (χ3n) is 3.76. The van der Waals surface area contributed by atoms with Crippen molar-refractivity contribution in [1.82, 2.24) is 10.2 Å². The van der Waals surface area contributed by atoms with Gasteiger partial charge in [0.1, 0.15) is 11.9 Å². The topological polar surface area (TPSA) is 67.6 Å². The van der Waals surface area contributed by atoms with Gasteiger partial charge in [-0.15, -0.1) is 0 Å². The first kappa shape index (κ1) is 15.9. The summed E-state index contributed by atoms with van der Waals surface area (Å²) < 4.78 is 18.9. The highest BCUT2D eigenvalue weighted by molar-refractivity contribution is 5.81. The van der Waals surface area contributed by atoms with Crippen molar-refractivity contribution in [3.8, 4) is 0 Å². The standard InChI is InChI=1S/C15H22FN3O2/c1-10(17)14(11-4-3-5-12(16)8-11)19-6-7-21-9-13(19)15(20)18-2/h3-5,8,10,13-14H,6-7,9,17H2,1-2H3,(H,18,20). The van der Waals surface area contributed by atoms with Crippen LogP contribution in [0.1, 0.15) is 18.5 Å². The zero-order valence-electron chi connectivity index (χ0n) is 12.4. The molecule has 1 fully saturated rings. The van der Waals surface area contributed by atoms with E-state index in [2.05, 4.69) is 5.32 Å². The average molecular weight is 295 g/mol. The number of ether oxygens (including phenoxy) is 1. The summed E-state index contributed by atoms with van der Waals surface area (Å²) in [6.45, 7) is 3.30. The molecule has 2 rings (SSSR count). The molecule has 3 atom stereocenters. The molecule has 0 aliphatic carbocycles. The molecule has 116 valence electrons. The number of nitrogens with two attached hydrogens (primary N) is 1. The highest BCUT2D eigenvalue weighted by atomic mass is 19.1. The molecule has 0 spiro atoms. The SMILES string of the molecule is CNC(=O)C1COCCN1C(c1cccc(F)c1)C(C)N. The van der Waals surface area contributed by atoms with Crippen molar-refractivity contribution in [2.24, 2.45) is 5.73 Å². The second-order valence-corrected chi connectivity index (χ2v) is 5.30. The molecule has 3 N–H and O–H groups in total. The molecule has 3 unspecified atom stereocenters. The summed E-state index contributed by atoms with van der Waals surface area (Å²) >= 11 is 0. The second-order valence-electron chi connectivity index (χ2n) is 5.30. The highest BCUT2D eigenvalue weighted by Crippen LogP contribution is 2.27. The highest BCUT2D eigenvalue weighted by Gasteiger charge is 2.36. The fraction of sp³-hybridized carbons (Fsp3) is 0.533. The van der Waals surface area contributed by atoms with Gasteiger partial charge in [-0.25, -0.2) is 4.39 Å². The number of nitrogens with zero attached hydrogens (tertiary/aromatic N) is 1. The van der Waals surface area contributed by atoms with Crippen LogP contribution in [0, 0.1) is 5.82 Å². The third kappa shape index (κ3) is 3.58. The molecule has 0 bridgehead atoms. The van der Waals surface area contributed by atoms with Crippen molar-refractivity contribution < 1.29 is 13.9 Å². The quantitative estimate of drug-likeness (QED) is 0.856. The molecule has 5 nitrogen and oxygen atoms in total. The predicted molar refractivity (Wildman–Crippen MR) is 78.2 cm³/mol. The molecule has 1 aromatic carbocycles. The van der Waals surface area contributed by atoms with Gasteiger partial charge in [-0.05, 0) is 24.6 Å². The monoisotopic (exact) mass is 295 g/mol. The van der Waals surface area contributed by atoms with Gasteiger partial charge in [0.2, 0.25) is 5.91 Å². The maximum Gasteiger partial charge on any atom is 0.239 e. The summed E-state index contributed by atoms with van der Waals surface area (Å²) in [5.74, 6) is -0.417. The fourth-order valence-corrected chi connectivity index (χ4v) is 2.83. The van der Waals surface area contributed by atoms with Gasteiger partial charge in [0.15, 0.2) is 0 Å². The number of carbonyl (C=O) groups excluding carboxylic acids is 1. The van der Waals surface area contributed by atoms with Crippen LogP contribution in [0.5, 0.6) is 0 Å². The van der Waals surface area contributed by atoms with Gasteiger partial charge >= 0.3 is 0 Å². The van der Waals surface area contributed by atoms with Crippen LogP contribution in [0.15, 0.2) is 24.3 Å². The summed E-state index contributed by atoms with van der Waals surface area (Å²) in [6.07, 6.45) is 0. The van der Waals surface area contributed by atoms with Crippen molar-refractivity contribution in [2.75, 3.05) is 26.8 Å². The minimum atomic E-state index is -0.414. The molecule has 1 heterocycles. The number of morpholine rings is 1. The predicted octanol–water partition coefficient (Wildman–Crippen LogP) is 0.661. The molecule has 0 saturated carbocycles. The maximum atomic E-state index is 13.5. The number of likely N-dealkylation sites (N-methyl/N-ethyl adjacent to an activating group) is 1. The first-order valence-electron chi connectivity index (χ1n) is 7.10. The number of halogens is 1. The van der Waals surface area contributed by atoms with Crippen LogP contribution in [-0.4, -0.2) is 49.7 Å². The van der Waals surface area contributed by atoms with Gasteiger partial charge in [0, 0.05) is 19.6 Å². The molecule has 1 aliphatic heterocycles. The number of benzene rings is 1. The van der Waals surface area contributed by atoms with Crippen LogP contribution in [0.2, 0.25) is 0 Å². The minimum absolute atomic E-state index is 0.114. The van der Waals surface area contributed by atoms with Crippen molar-refractivity contribution in [2.45, 2.75) is 25.0 Å². The Morgan fingerprint density at radius 2 is 2.33 bits per heavy atom. The number of carbonyl (C=O) groups is 1. The van der Waals surface area contributed by atoms with Gasteiger partial charge in [-0.3, -0.25) is 9.69 Å². The molecule has 6 heteroatoms. The van der Waals surface area contributed by atoms with Crippen LogP contribution < -0.4 is 11.1 Å². The molecule has 1 aromatic rings. The molecule has 0 radical (unpaired) electrons. The number of rotatable bonds is 4. The van der Waals surface area contributed by atoms with E-state index in [0.29, 0.717) is 19.8 Å². The first-order valence-corrected chi connectivity index (χ1v) is 7.10. The van der Waals surface area contributed by atoms with Crippen LogP contribution in [-0.2, 0) is 9.53 Å². The Hall–Kier alpha value is -1.50. The maximum absolute atomic E-state index is 13.5. The summed E-state index contributed by atoms with van der Waals surface area (Å²) in [7, 11) is 1.60. The van der Waals surface area contributed by atoms with E-state index in [1.54, 1.807) is 13.1 Å². The zero-order chi connectivity index (χ0) is 15.4. The lowest BCUT2D eigenvalue weighted by molar-refractivity contribution is -0.134. The van der Waals surface area contributed by atoms with E-state index in [0.717, 1.165) is 5.56 Å². The van der Waals surface area contributed by atoms with Crippen molar-refractivity contribution in [1.29, 1.82) is 0 Å². The van der Waals surface area contributed by atoms with E-state index in [-0.39, 0.29) is 23.8 Å². The van der Waals surface area contributed by atoms with E-state index < -0.39 is 6.04 Å². The third-order valence-corrected chi connectivity index (χ3v) is 3.76. The summed E-state index contributed by atoms with van der Waals surface area (Å²) in [5, 5.41) is 2.65. The zero-order valence-corrected chi connectivity index (χ0v) is 12.4. The molecular weight excluding hydrogens is 273 g/mol. The Morgan fingerprint density at radius 1 is 1.57 bits per heavy atom. The minimum Gasteiger partial charge on any atom is -0.378 e. The molecule has 1 saturated heterocycles. The molecule has 21 heavy (non-hydrogen) atoms. The van der Waals surface area contributed by atoms with Crippen molar-refractivity contribution in [3.05, 3.63) is 35.6 Å². The summed E-state index contributed by atoms with van der Waals surface area (Å²) in [5.41, 5.74) is 6.90. The number of amides is 1. The lowest BCUT2D eigenvalue weighted by Crippen LogP contribution is -2.56. The normalized spacial score (nSPS) is 22.6. The number of hydrogen-bond acceptors (Lipinski definition) is 4. The molecule has 1 aliphatic rings. The molecular formula is C15H22FN3O2. The Kier molecular flexibility index (Phi) is 5.27. The second kappa shape index (κ2) is 6.98. The largest absolute Gasteiger partial charge is 0.378 e. The smallest absolute Gasteiger partial charge is 0.239 e. The van der Waals surface area contributed by atoms with E-state index in [4.69, 9.17) is 10.5 Å². The van der Waals surface area contributed by atoms with E-state index in [1.807, 2.05) is 17.9 Å². The average Bonchev–Trinajstić information content (AvgIpc) is 2.47. The van der Waals surface area contributed by atoms with Crippen LogP contribution in [0.25, 0.3) is 0 Å². The fourth-order valence-electron chi connectivity index (χ4n) is 2.83. The van der Waals surface area contributed by atoms with Gasteiger partial charge in [0.25, 0.3) is 0 Å². The van der Waals surface area contributed by atoms with Crippen LogP contribution in [0.3, 0.4) is 0 Å². The van der Waals surface area contributed by atoms with Crippen LogP contribution in [0.4, 0.5) is 4.39 Å². The number of nitrogens with one attached hydrogen (secondary N) is 1. The Balaban J connectivity index is 2.33. The first-order chi connectivity index (χ1) is 10.0. The van der Waals surface area contributed by atoms with Crippen molar-refractivity contribution >= 4 is 5.91 Å². The van der Waals surface area contributed by atoms with Gasteiger partial charge in [-0.2, -0.15) is 0 Å². The van der Waals surface area contributed by atoms with Gasteiger partial charge < -0.3 is 15.8 Å². The van der Waals surface area contributed by atoms with E-state index in [9.17, 15) is 9.18 Å². The number of hydrogen-bond donors (Lipinski definition) is 2. The Morgan fingerprint density at radius 3 is 2.95 bits per heavy atom. The molecule has 0 aromatic heterocycles.